The maximum atomic E-state index is 12.4. The molecule has 1 rings (SSSR count). The van der Waals surface area contributed by atoms with E-state index in [4.69, 9.17) is 10.5 Å². The lowest BCUT2D eigenvalue weighted by Crippen LogP contribution is -2.49. The third-order valence-electron chi connectivity index (χ3n) is 4.41. The maximum Gasteiger partial charge on any atom is 0.222 e. The molecule has 7 heteroatoms. The smallest absolute Gasteiger partial charge is 0.222 e. The highest BCUT2D eigenvalue weighted by atomic mass is 35.5. The molecule has 1 unspecified atom stereocenters. The van der Waals surface area contributed by atoms with Gasteiger partial charge >= 0.3 is 0 Å². The highest BCUT2D eigenvalue weighted by Crippen LogP contribution is 2.27. The number of amides is 2. The minimum absolute atomic E-state index is 0. The van der Waals surface area contributed by atoms with Crippen molar-refractivity contribution < 1.29 is 14.3 Å². The van der Waals surface area contributed by atoms with Crippen LogP contribution in [0.25, 0.3) is 0 Å². The molecular weight excluding hydrogens is 354 g/mol. The Bertz CT molecular complexity index is 577. The molecule has 26 heavy (non-hydrogen) atoms. The van der Waals surface area contributed by atoms with Crippen LogP contribution in [0.5, 0.6) is 5.75 Å². The van der Waals surface area contributed by atoms with Crippen LogP contribution in [0.15, 0.2) is 24.3 Å². The number of carbonyl (C=O) groups is 2. The summed E-state index contributed by atoms with van der Waals surface area (Å²) in [4.78, 5) is 24.0. The Morgan fingerprint density at radius 3 is 2.35 bits per heavy atom. The van der Waals surface area contributed by atoms with Crippen molar-refractivity contribution >= 4 is 24.2 Å². The van der Waals surface area contributed by atoms with Crippen molar-refractivity contribution in [1.29, 1.82) is 0 Å². The van der Waals surface area contributed by atoms with Crippen LogP contribution in [0.1, 0.15) is 58.6 Å². The summed E-state index contributed by atoms with van der Waals surface area (Å²) in [6.07, 6.45) is 1.70. The molecule has 1 aromatic rings. The molecular formula is C19H32ClN3O3. The number of nitrogens with two attached hydrogens (primary N) is 1. The minimum atomic E-state index is -0.448. The monoisotopic (exact) mass is 385 g/mol. The van der Waals surface area contributed by atoms with Gasteiger partial charge in [-0.1, -0.05) is 32.0 Å². The second-order valence-corrected chi connectivity index (χ2v) is 6.27. The van der Waals surface area contributed by atoms with Crippen molar-refractivity contribution in [3.8, 4) is 5.75 Å². The summed E-state index contributed by atoms with van der Waals surface area (Å²) in [6, 6.07) is 6.99. The maximum absolute atomic E-state index is 12.4. The van der Waals surface area contributed by atoms with Gasteiger partial charge in [-0.3, -0.25) is 9.59 Å². The van der Waals surface area contributed by atoms with Crippen molar-refractivity contribution in [3.63, 3.8) is 0 Å². The van der Waals surface area contributed by atoms with Gasteiger partial charge in [-0.2, -0.15) is 0 Å². The van der Waals surface area contributed by atoms with Gasteiger partial charge in [0.05, 0.1) is 19.1 Å². The highest BCUT2D eigenvalue weighted by Gasteiger charge is 2.24. The SMILES string of the molecule is CCOc1ccccc1C(CC(=O)NCC(N)(CC)CC)NC(C)=O.Cl. The molecule has 1 atom stereocenters. The van der Waals surface area contributed by atoms with Crippen LogP contribution in [-0.2, 0) is 9.59 Å². The Morgan fingerprint density at radius 2 is 1.81 bits per heavy atom. The molecule has 4 N–H and O–H groups in total. The average Bonchev–Trinajstić information content (AvgIpc) is 2.59. The standard InChI is InChI=1S/C19H31N3O3.ClH/c1-5-19(20,6-2)13-21-18(24)12-16(22-14(4)23)15-10-8-9-11-17(15)25-7-3;/h8-11,16H,5-7,12-13,20H2,1-4H3,(H,21,24)(H,22,23);1H. The van der Waals surface area contributed by atoms with E-state index in [0.717, 1.165) is 18.4 Å². The van der Waals surface area contributed by atoms with Gasteiger partial charge in [0.25, 0.3) is 0 Å². The number of halogens is 1. The first-order valence-corrected chi connectivity index (χ1v) is 8.89. The van der Waals surface area contributed by atoms with Crippen LogP contribution < -0.4 is 21.1 Å². The summed E-state index contributed by atoms with van der Waals surface area (Å²) in [5.41, 5.74) is 6.62. The van der Waals surface area contributed by atoms with E-state index in [1.165, 1.54) is 6.92 Å². The number of hydrogen-bond donors (Lipinski definition) is 3. The van der Waals surface area contributed by atoms with Crippen LogP contribution in [0.2, 0.25) is 0 Å². The summed E-state index contributed by atoms with van der Waals surface area (Å²) in [5, 5.41) is 5.73. The van der Waals surface area contributed by atoms with Gasteiger partial charge in [-0.25, -0.2) is 0 Å². The van der Waals surface area contributed by atoms with Crippen LogP contribution in [0.4, 0.5) is 0 Å². The number of para-hydroxylation sites is 1. The molecule has 148 valence electrons. The predicted molar refractivity (Wildman–Crippen MR) is 107 cm³/mol. The van der Waals surface area contributed by atoms with E-state index in [1.54, 1.807) is 0 Å². The van der Waals surface area contributed by atoms with Gasteiger partial charge in [0.15, 0.2) is 0 Å². The fourth-order valence-corrected chi connectivity index (χ4v) is 2.57. The molecule has 0 spiro atoms. The van der Waals surface area contributed by atoms with Crippen LogP contribution in [-0.4, -0.2) is 30.5 Å². The molecule has 1 aromatic carbocycles. The van der Waals surface area contributed by atoms with E-state index in [1.807, 2.05) is 45.0 Å². The molecule has 0 aromatic heterocycles. The Labute approximate surface area is 162 Å². The molecule has 0 aliphatic heterocycles. The first-order valence-electron chi connectivity index (χ1n) is 8.89. The molecule has 0 aliphatic carbocycles. The van der Waals surface area contributed by atoms with Crippen LogP contribution >= 0.6 is 12.4 Å². The Hall–Kier alpha value is -1.79. The van der Waals surface area contributed by atoms with Crippen molar-refractivity contribution in [2.24, 2.45) is 5.73 Å². The zero-order valence-electron chi connectivity index (χ0n) is 16.1. The van der Waals surface area contributed by atoms with Gasteiger partial charge in [0.1, 0.15) is 5.75 Å². The lowest BCUT2D eigenvalue weighted by atomic mass is 9.94. The lowest BCUT2D eigenvalue weighted by molar-refractivity contribution is -0.123. The Morgan fingerprint density at radius 1 is 1.19 bits per heavy atom. The summed E-state index contributed by atoms with van der Waals surface area (Å²) in [6.45, 7) is 8.28. The van der Waals surface area contributed by atoms with Gasteiger partial charge in [-0.15, -0.1) is 12.4 Å². The predicted octanol–water partition coefficient (Wildman–Crippen LogP) is 2.71. The first-order chi connectivity index (χ1) is 11.8. The minimum Gasteiger partial charge on any atom is -0.494 e. The summed E-state index contributed by atoms with van der Waals surface area (Å²) >= 11 is 0. The summed E-state index contributed by atoms with van der Waals surface area (Å²) in [7, 11) is 0. The quantitative estimate of drug-likeness (QED) is 0.577. The molecule has 0 fully saturated rings. The van der Waals surface area contributed by atoms with E-state index in [2.05, 4.69) is 10.6 Å². The average molecular weight is 386 g/mol. The van der Waals surface area contributed by atoms with Crippen molar-refractivity contribution in [3.05, 3.63) is 29.8 Å². The van der Waals surface area contributed by atoms with E-state index >= 15 is 0 Å². The van der Waals surface area contributed by atoms with Crippen molar-refractivity contribution in [2.75, 3.05) is 13.2 Å². The second kappa shape index (κ2) is 11.8. The zero-order chi connectivity index (χ0) is 18.9. The van der Waals surface area contributed by atoms with E-state index < -0.39 is 11.6 Å². The molecule has 0 heterocycles. The number of hydrogen-bond acceptors (Lipinski definition) is 4. The first kappa shape index (κ1) is 24.2. The van der Waals surface area contributed by atoms with Crippen LogP contribution in [0.3, 0.4) is 0 Å². The molecule has 0 aliphatic rings. The Kier molecular flexibility index (Phi) is 10.9. The van der Waals surface area contributed by atoms with E-state index in [0.29, 0.717) is 18.9 Å². The Balaban J connectivity index is 0.00000625. The van der Waals surface area contributed by atoms with Crippen LogP contribution in [0, 0.1) is 0 Å². The summed E-state index contributed by atoms with van der Waals surface area (Å²) < 4.78 is 5.63. The summed E-state index contributed by atoms with van der Waals surface area (Å²) in [5.74, 6) is 0.327. The third-order valence-corrected chi connectivity index (χ3v) is 4.41. The highest BCUT2D eigenvalue weighted by molar-refractivity contribution is 5.85. The van der Waals surface area contributed by atoms with Gasteiger partial charge in [0.2, 0.25) is 11.8 Å². The largest absolute Gasteiger partial charge is 0.494 e. The van der Waals surface area contributed by atoms with Crippen molar-refractivity contribution in [1.82, 2.24) is 10.6 Å². The number of carbonyl (C=O) groups excluding carboxylic acids is 2. The fraction of sp³-hybridized carbons (Fsp3) is 0.579. The second-order valence-electron chi connectivity index (χ2n) is 6.27. The lowest BCUT2D eigenvalue weighted by Gasteiger charge is -2.27. The number of ether oxygens (including phenoxy) is 1. The molecule has 0 radical (unpaired) electrons. The molecule has 2 amide bonds. The zero-order valence-corrected chi connectivity index (χ0v) is 16.9. The van der Waals surface area contributed by atoms with Gasteiger partial charge < -0.3 is 21.1 Å². The molecule has 0 saturated heterocycles. The molecule has 0 saturated carbocycles. The fourth-order valence-electron chi connectivity index (χ4n) is 2.57. The molecule has 0 bridgehead atoms. The number of rotatable bonds is 10. The van der Waals surface area contributed by atoms with Crippen molar-refractivity contribution in [2.45, 2.75) is 58.5 Å². The van der Waals surface area contributed by atoms with E-state index in [-0.39, 0.29) is 30.6 Å². The topological polar surface area (TPSA) is 93.4 Å². The number of benzene rings is 1. The molecule has 6 nitrogen and oxygen atoms in total. The van der Waals surface area contributed by atoms with E-state index in [9.17, 15) is 9.59 Å². The number of nitrogens with one attached hydrogen (secondary N) is 2. The van der Waals surface area contributed by atoms with Gasteiger partial charge in [-0.05, 0) is 25.8 Å². The normalized spacial score (nSPS) is 11.9. The van der Waals surface area contributed by atoms with Gasteiger partial charge in [0, 0.05) is 24.6 Å². The third kappa shape index (κ3) is 7.62.